The first kappa shape index (κ1) is 13.2. The van der Waals surface area contributed by atoms with Gasteiger partial charge in [0.1, 0.15) is 17.5 Å². The summed E-state index contributed by atoms with van der Waals surface area (Å²) in [6.07, 6.45) is 2.05. The number of carbonyl (C=O) groups excluding carboxylic acids is 1. The second-order valence-corrected chi connectivity index (χ2v) is 5.37. The van der Waals surface area contributed by atoms with Gasteiger partial charge in [0.2, 0.25) is 5.82 Å². The number of amides is 1. The highest BCUT2D eigenvalue weighted by Gasteiger charge is 2.28. The molecule has 1 aromatic heterocycles. The predicted octanol–water partition coefficient (Wildman–Crippen LogP) is 2.98. The van der Waals surface area contributed by atoms with Gasteiger partial charge in [-0.05, 0) is 34.8 Å². The van der Waals surface area contributed by atoms with Crippen molar-refractivity contribution in [3.05, 3.63) is 39.9 Å². The number of H-pyrrole nitrogens is 1. The highest BCUT2D eigenvalue weighted by molar-refractivity contribution is 9.10. The van der Waals surface area contributed by atoms with E-state index in [2.05, 4.69) is 36.4 Å². The Bertz CT molecular complexity index is 684. The van der Waals surface area contributed by atoms with Gasteiger partial charge in [0.25, 0.3) is 5.91 Å². The normalized spacial score (nSPS) is 14.3. The molecule has 1 amide bonds. The third kappa shape index (κ3) is 2.55. The summed E-state index contributed by atoms with van der Waals surface area (Å²) in [6.45, 7) is 0. The molecule has 104 valence electrons. The fourth-order valence-electron chi connectivity index (χ4n) is 1.71. The Hall–Kier alpha value is -1.83. The predicted molar refractivity (Wildman–Crippen MR) is 70.4 cm³/mol. The van der Waals surface area contributed by atoms with Gasteiger partial charge in [-0.15, -0.1) is 5.10 Å². The highest BCUT2D eigenvalue weighted by atomic mass is 79.9. The van der Waals surface area contributed by atoms with Crippen LogP contribution < -0.4 is 5.32 Å². The minimum atomic E-state index is -0.864. The van der Waals surface area contributed by atoms with Crippen molar-refractivity contribution < 1.29 is 13.6 Å². The van der Waals surface area contributed by atoms with Crippen LogP contribution in [0.3, 0.4) is 0 Å². The van der Waals surface area contributed by atoms with Crippen LogP contribution in [-0.2, 0) is 0 Å². The first-order chi connectivity index (χ1) is 9.54. The van der Waals surface area contributed by atoms with E-state index < -0.39 is 17.5 Å². The van der Waals surface area contributed by atoms with E-state index in [0.717, 1.165) is 18.9 Å². The lowest BCUT2D eigenvalue weighted by Crippen LogP contribution is -2.15. The number of halogens is 3. The van der Waals surface area contributed by atoms with Gasteiger partial charge in [0, 0.05) is 12.0 Å². The van der Waals surface area contributed by atoms with E-state index in [4.69, 9.17) is 0 Å². The standard InChI is InChI=1S/C12H9BrF2N4O/c13-6-3-9(8(15)4-7(6)14)16-12(20)11-17-10(18-19-11)5-1-2-5/h3-5H,1-2H2,(H,16,20)(H,17,18,19). The van der Waals surface area contributed by atoms with Crippen molar-refractivity contribution in [3.63, 3.8) is 0 Å². The maximum Gasteiger partial charge on any atom is 0.295 e. The number of hydrogen-bond acceptors (Lipinski definition) is 3. The zero-order chi connectivity index (χ0) is 14.3. The average molecular weight is 343 g/mol. The smallest absolute Gasteiger partial charge is 0.295 e. The number of aromatic amines is 1. The molecule has 1 aliphatic carbocycles. The number of nitrogens with one attached hydrogen (secondary N) is 2. The van der Waals surface area contributed by atoms with Gasteiger partial charge in [0.15, 0.2) is 0 Å². The molecule has 0 bridgehead atoms. The minimum absolute atomic E-state index is 0.0582. The molecule has 3 rings (SSSR count). The second-order valence-electron chi connectivity index (χ2n) is 4.52. The average Bonchev–Trinajstić information content (AvgIpc) is 3.13. The SMILES string of the molecule is O=C(Nc1cc(Br)c(F)cc1F)c1n[nH]c(C2CC2)n1. The number of anilines is 1. The van der Waals surface area contributed by atoms with E-state index in [1.54, 1.807) is 0 Å². The lowest BCUT2D eigenvalue weighted by Gasteiger charge is -2.05. The van der Waals surface area contributed by atoms with Crippen molar-refractivity contribution in [1.29, 1.82) is 0 Å². The topological polar surface area (TPSA) is 70.7 Å². The monoisotopic (exact) mass is 342 g/mol. The lowest BCUT2D eigenvalue weighted by molar-refractivity contribution is 0.101. The number of aromatic nitrogens is 3. The van der Waals surface area contributed by atoms with Crippen molar-refractivity contribution in [2.24, 2.45) is 0 Å². The summed E-state index contributed by atoms with van der Waals surface area (Å²) in [5.41, 5.74) is -0.138. The first-order valence-corrected chi connectivity index (χ1v) is 6.72. The molecular weight excluding hydrogens is 334 g/mol. The molecule has 1 fully saturated rings. The maximum absolute atomic E-state index is 13.5. The highest BCUT2D eigenvalue weighted by Crippen LogP contribution is 2.37. The Morgan fingerprint density at radius 3 is 2.80 bits per heavy atom. The molecular formula is C12H9BrF2N4O. The molecule has 0 atom stereocenters. The number of benzene rings is 1. The molecule has 2 N–H and O–H groups in total. The first-order valence-electron chi connectivity index (χ1n) is 5.93. The van der Waals surface area contributed by atoms with Crippen LogP contribution in [0.5, 0.6) is 0 Å². The van der Waals surface area contributed by atoms with E-state index >= 15 is 0 Å². The van der Waals surface area contributed by atoms with Gasteiger partial charge >= 0.3 is 0 Å². The Morgan fingerprint density at radius 2 is 2.10 bits per heavy atom. The molecule has 5 nitrogen and oxygen atoms in total. The van der Waals surface area contributed by atoms with Gasteiger partial charge in [0.05, 0.1) is 10.2 Å². The molecule has 0 saturated heterocycles. The van der Waals surface area contributed by atoms with Crippen LogP contribution in [0.4, 0.5) is 14.5 Å². The second kappa shape index (κ2) is 4.93. The number of nitrogens with zero attached hydrogens (tertiary/aromatic N) is 2. The van der Waals surface area contributed by atoms with Gasteiger partial charge in [-0.1, -0.05) is 0 Å². The maximum atomic E-state index is 13.5. The van der Waals surface area contributed by atoms with Crippen molar-refractivity contribution in [2.75, 3.05) is 5.32 Å². The van der Waals surface area contributed by atoms with Gasteiger partial charge < -0.3 is 5.32 Å². The third-order valence-electron chi connectivity index (χ3n) is 2.93. The Balaban J connectivity index is 1.79. The number of carbonyl (C=O) groups is 1. The van der Waals surface area contributed by atoms with Crippen LogP contribution in [-0.4, -0.2) is 21.1 Å². The van der Waals surface area contributed by atoms with Gasteiger partial charge in [-0.2, -0.15) is 0 Å². The Morgan fingerprint density at radius 1 is 1.35 bits per heavy atom. The summed E-state index contributed by atoms with van der Waals surface area (Å²) in [7, 11) is 0. The van der Waals surface area contributed by atoms with E-state index in [1.165, 1.54) is 0 Å². The van der Waals surface area contributed by atoms with Gasteiger partial charge in [-0.25, -0.2) is 13.8 Å². The summed E-state index contributed by atoms with van der Waals surface area (Å²) in [5, 5.41) is 8.78. The quantitative estimate of drug-likeness (QED) is 0.842. The summed E-state index contributed by atoms with van der Waals surface area (Å²) >= 11 is 2.93. The third-order valence-corrected chi connectivity index (χ3v) is 3.54. The molecule has 1 aliphatic rings. The summed E-state index contributed by atoms with van der Waals surface area (Å²) in [5.74, 6) is -1.32. The van der Waals surface area contributed by atoms with E-state index in [0.29, 0.717) is 17.8 Å². The van der Waals surface area contributed by atoms with E-state index in [1.807, 2.05) is 0 Å². The summed E-state index contributed by atoms with van der Waals surface area (Å²) in [4.78, 5) is 15.9. The number of rotatable bonds is 3. The molecule has 20 heavy (non-hydrogen) atoms. The van der Waals surface area contributed by atoms with Crippen LogP contribution in [0, 0.1) is 11.6 Å². The van der Waals surface area contributed by atoms with Crippen LogP contribution in [0.25, 0.3) is 0 Å². The molecule has 1 saturated carbocycles. The molecule has 8 heteroatoms. The molecule has 0 aliphatic heterocycles. The molecule has 2 aromatic rings. The van der Waals surface area contributed by atoms with Crippen molar-refractivity contribution in [1.82, 2.24) is 15.2 Å². The van der Waals surface area contributed by atoms with Crippen molar-refractivity contribution in [2.45, 2.75) is 18.8 Å². The minimum Gasteiger partial charge on any atom is -0.317 e. The van der Waals surface area contributed by atoms with Crippen molar-refractivity contribution >= 4 is 27.5 Å². The molecule has 0 radical (unpaired) electrons. The summed E-state index contributed by atoms with van der Waals surface area (Å²) < 4.78 is 26.7. The van der Waals surface area contributed by atoms with Crippen LogP contribution in [0.1, 0.15) is 35.2 Å². The zero-order valence-electron chi connectivity index (χ0n) is 10.1. The zero-order valence-corrected chi connectivity index (χ0v) is 11.7. The lowest BCUT2D eigenvalue weighted by atomic mass is 10.3. The molecule has 1 heterocycles. The molecule has 0 unspecified atom stereocenters. The Kier molecular flexibility index (Phi) is 3.25. The van der Waals surface area contributed by atoms with E-state index in [-0.39, 0.29) is 16.0 Å². The van der Waals surface area contributed by atoms with Crippen LogP contribution >= 0.6 is 15.9 Å². The van der Waals surface area contributed by atoms with Crippen LogP contribution in [0.15, 0.2) is 16.6 Å². The van der Waals surface area contributed by atoms with Crippen LogP contribution in [0.2, 0.25) is 0 Å². The fourth-order valence-corrected chi connectivity index (χ4v) is 2.06. The van der Waals surface area contributed by atoms with Gasteiger partial charge in [-0.3, -0.25) is 9.89 Å². The number of hydrogen-bond donors (Lipinski definition) is 2. The molecule has 1 aromatic carbocycles. The fraction of sp³-hybridized carbons (Fsp3) is 0.250. The molecule has 0 spiro atoms. The largest absolute Gasteiger partial charge is 0.317 e. The Labute approximate surface area is 120 Å². The summed E-state index contributed by atoms with van der Waals surface area (Å²) in [6, 6.07) is 1.84. The van der Waals surface area contributed by atoms with E-state index in [9.17, 15) is 13.6 Å². The van der Waals surface area contributed by atoms with Crippen molar-refractivity contribution in [3.8, 4) is 0 Å².